The first-order valence-corrected chi connectivity index (χ1v) is 6.38. The van der Waals surface area contributed by atoms with Gasteiger partial charge in [0.2, 0.25) is 0 Å². The van der Waals surface area contributed by atoms with E-state index in [1.54, 1.807) is 0 Å². The minimum Gasteiger partial charge on any atom is -0.0921 e. The maximum absolute atomic E-state index is 3.60. The molecule has 0 saturated carbocycles. The second-order valence-corrected chi connectivity index (χ2v) is 5.04. The second-order valence-electron chi connectivity index (χ2n) is 4.39. The second kappa shape index (κ2) is 5.55. The van der Waals surface area contributed by atoms with Crippen LogP contribution in [0.1, 0.15) is 37.3 Å². The molecule has 1 aromatic carbocycles. The summed E-state index contributed by atoms with van der Waals surface area (Å²) in [7, 11) is 0. The average molecular weight is 255 g/mol. The van der Waals surface area contributed by atoms with Gasteiger partial charge < -0.3 is 0 Å². The van der Waals surface area contributed by atoms with Crippen LogP contribution in [0.25, 0.3) is 0 Å². The molecule has 1 rings (SSSR count). The van der Waals surface area contributed by atoms with E-state index in [2.05, 4.69) is 61.0 Å². The molecule has 1 heteroatoms. The minimum atomic E-state index is 0.663. The quantitative estimate of drug-likeness (QED) is 0.694. The van der Waals surface area contributed by atoms with E-state index in [9.17, 15) is 0 Å². The Kier molecular flexibility index (Phi) is 4.67. The molecule has 0 aliphatic carbocycles. The van der Waals surface area contributed by atoms with Gasteiger partial charge in [0.1, 0.15) is 0 Å². The maximum Gasteiger partial charge on any atom is 0.0100 e. The van der Waals surface area contributed by atoms with Gasteiger partial charge in [-0.1, -0.05) is 59.6 Å². The Balaban J connectivity index is 2.73. The summed E-state index contributed by atoms with van der Waals surface area (Å²) >= 11 is 3.60. The van der Waals surface area contributed by atoms with Gasteiger partial charge in [0, 0.05) is 5.33 Å². The number of benzene rings is 1. The maximum atomic E-state index is 3.60. The van der Waals surface area contributed by atoms with Crippen molar-refractivity contribution in [3.05, 3.63) is 35.4 Å². The van der Waals surface area contributed by atoms with Crippen molar-refractivity contribution < 1.29 is 0 Å². The number of hydrogen-bond donors (Lipinski definition) is 0. The van der Waals surface area contributed by atoms with E-state index in [0.29, 0.717) is 5.92 Å². The molecule has 78 valence electrons. The van der Waals surface area contributed by atoms with Crippen LogP contribution in [0.5, 0.6) is 0 Å². The third-order valence-corrected chi connectivity index (χ3v) is 3.27. The van der Waals surface area contributed by atoms with Crippen LogP contribution in [-0.4, -0.2) is 5.33 Å². The van der Waals surface area contributed by atoms with Gasteiger partial charge in [0.05, 0.1) is 0 Å². The van der Waals surface area contributed by atoms with Crippen molar-refractivity contribution in [3.63, 3.8) is 0 Å². The van der Waals surface area contributed by atoms with Gasteiger partial charge in [-0.25, -0.2) is 0 Å². The van der Waals surface area contributed by atoms with E-state index >= 15 is 0 Å². The zero-order valence-electron chi connectivity index (χ0n) is 9.26. The number of aryl methyl sites for hydroxylation is 1. The van der Waals surface area contributed by atoms with Gasteiger partial charge in [0.15, 0.2) is 0 Å². The highest BCUT2D eigenvalue weighted by Gasteiger charge is 2.11. The molecule has 1 atom stereocenters. The molecule has 0 radical (unpaired) electrons. The van der Waals surface area contributed by atoms with Crippen LogP contribution in [0, 0.1) is 12.8 Å². The highest BCUT2D eigenvalue weighted by molar-refractivity contribution is 9.09. The van der Waals surface area contributed by atoms with E-state index < -0.39 is 0 Å². The first kappa shape index (κ1) is 11.8. The van der Waals surface area contributed by atoms with E-state index in [-0.39, 0.29) is 0 Å². The normalized spacial score (nSPS) is 13.2. The predicted molar refractivity (Wildman–Crippen MR) is 67.2 cm³/mol. The Morgan fingerprint density at radius 2 is 1.71 bits per heavy atom. The Morgan fingerprint density at radius 1 is 1.14 bits per heavy atom. The molecule has 0 nitrogen and oxygen atoms in total. The summed E-state index contributed by atoms with van der Waals surface area (Å²) < 4.78 is 0. The Morgan fingerprint density at radius 3 is 2.14 bits per heavy atom. The molecule has 0 aliphatic rings. The topological polar surface area (TPSA) is 0 Å². The van der Waals surface area contributed by atoms with Crippen LogP contribution in [0.3, 0.4) is 0 Å². The van der Waals surface area contributed by atoms with Gasteiger partial charge in [0.25, 0.3) is 0 Å². The summed E-state index contributed by atoms with van der Waals surface area (Å²) in [5, 5.41) is 1.06. The molecule has 1 unspecified atom stereocenters. The van der Waals surface area contributed by atoms with Crippen molar-refractivity contribution in [3.8, 4) is 0 Å². The van der Waals surface area contributed by atoms with E-state index in [4.69, 9.17) is 0 Å². The van der Waals surface area contributed by atoms with Crippen LogP contribution >= 0.6 is 15.9 Å². The molecular weight excluding hydrogens is 236 g/mol. The summed E-state index contributed by atoms with van der Waals surface area (Å²) in [5.41, 5.74) is 2.80. The average Bonchev–Trinajstić information content (AvgIpc) is 2.15. The van der Waals surface area contributed by atoms with Crippen molar-refractivity contribution in [1.82, 2.24) is 0 Å². The number of alkyl halides is 1. The highest BCUT2D eigenvalue weighted by Crippen LogP contribution is 2.25. The molecule has 0 heterocycles. The fourth-order valence-electron chi connectivity index (χ4n) is 1.70. The van der Waals surface area contributed by atoms with Crippen LogP contribution in [0.4, 0.5) is 0 Å². The molecule has 0 aromatic heterocycles. The zero-order chi connectivity index (χ0) is 10.6. The Bertz CT molecular complexity index is 261. The summed E-state index contributed by atoms with van der Waals surface area (Å²) in [6.07, 6.45) is 1.26. The van der Waals surface area contributed by atoms with Crippen LogP contribution in [0.15, 0.2) is 24.3 Å². The monoisotopic (exact) mass is 254 g/mol. The lowest BCUT2D eigenvalue weighted by Gasteiger charge is -2.16. The highest BCUT2D eigenvalue weighted by atomic mass is 79.9. The minimum absolute atomic E-state index is 0.663. The SMILES string of the molecule is Cc1ccc(C(CBr)CC(C)C)cc1. The molecule has 0 bridgehead atoms. The molecule has 1 aromatic rings. The third kappa shape index (κ3) is 3.45. The van der Waals surface area contributed by atoms with Crippen LogP contribution in [-0.2, 0) is 0 Å². The fraction of sp³-hybridized carbons (Fsp3) is 0.538. The molecule has 14 heavy (non-hydrogen) atoms. The lowest BCUT2D eigenvalue weighted by atomic mass is 9.91. The van der Waals surface area contributed by atoms with Crippen molar-refractivity contribution >= 4 is 15.9 Å². The van der Waals surface area contributed by atoms with E-state index in [1.807, 2.05) is 0 Å². The van der Waals surface area contributed by atoms with E-state index in [1.165, 1.54) is 17.5 Å². The smallest absolute Gasteiger partial charge is 0.0100 e. The number of rotatable bonds is 4. The van der Waals surface area contributed by atoms with Gasteiger partial charge in [-0.15, -0.1) is 0 Å². The molecular formula is C13H19Br. The van der Waals surface area contributed by atoms with Crippen molar-refractivity contribution in [1.29, 1.82) is 0 Å². The summed E-state index contributed by atoms with van der Waals surface area (Å²) in [4.78, 5) is 0. The van der Waals surface area contributed by atoms with Crippen molar-refractivity contribution in [2.45, 2.75) is 33.1 Å². The third-order valence-electron chi connectivity index (χ3n) is 2.49. The first-order chi connectivity index (χ1) is 6.63. The molecule has 0 aliphatic heterocycles. The van der Waals surface area contributed by atoms with Crippen LogP contribution < -0.4 is 0 Å². The summed E-state index contributed by atoms with van der Waals surface area (Å²) in [6, 6.07) is 8.91. The Hall–Kier alpha value is -0.300. The van der Waals surface area contributed by atoms with Gasteiger partial charge in [-0.2, -0.15) is 0 Å². The zero-order valence-corrected chi connectivity index (χ0v) is 10.8. The van der Waals surface area contributed by atoms with Gasteiger partial charge in [-0.3, -0.25) is 0 Å². The molecule has 0 N–H and O–H groups in total. The molecule has 0 spiro atoms. The Labute approximate surface area is 95.9 Å². The number of halogens is 1. The van der Waals surface area contributed by atoms with Crippen molar-refractivity contribution in [2.24, 2.45) is 5.92 Å². The van der Waals surface area contributed by atoms with Crippen LogP contribution in [0.2, 0.25) is 0 Å². The van der Waals surface area contributed by atoms with Gasteiger partial charge in [-0.05, 0) is 30.7 Å². The summed E-state index contributed by atoms with van der Waals surface area (Å²) in [6.45, 7) is 6.70. The lowest BCUT2D eigenvalue weighted by Crippen LogP contribution is -2.04. The number of hydrogen-bond acceptors (Lipinski definition) is 0. The lowest BCUT2D eigenvalue weighted by molar-refractivity contribution is 0.529. The largest absolute Gasteiger partial charge is 0.0921 e. The standard InChI is InChI=1S/C13H19Br/c1-10(2)8-13(9-14)12-6-4-11(3)5-7-12/h4-7,10,13H,8-9H2,1-3H3. The summed E-state index contributed by atoms with van der Waals surface area (Å²) in [5.74, 6) is 1.43. The molecule has 0 amide bonds. The van der Waals surface area contributed by atoms with E-state index in [0.717, 1.165) is 11.2 Å². The van der Waals surface area contributed by atoms with Gasteiger partial charge >= 0.3 is 0 Å². The first-order valence-electron chi connectivity index (χ1n) is 5.26. The molecule has 0 fully saturated rings. The fourth-order valence-corrected chi connectivity index (χ4v) is 2.33. The van der Waals surface area contributed by atoms with Crippen molar-refractivity contribution in [2.75, 3.05) is 5.33 Å². The molecule has 0 saturated heterocycles. The predicted octanol–water partition coefficient (Wildman–Crippen LogP) is 4.52.